The maximum absolute atomic E-state index is 12.0. The van der Waals surface area contributed by atoms with Gasteiger partial charge < -0.3 is 5.11 Å². The predicted molar refractivity (Wildman–Crippen MR) is 44.5 cm³/mol. The average Bonchev–Trinajstić information content (AvgIpc) is 1.96. The molecule has 0 aliphatic carbocycles. The lowest BCUT2D eigenvalue weighted by molar-refractivity contribution is -0.135. The summed E-state index contributed by atoms with van der Waals surface area (Å²) in [5.74, 6) is -1.34. The normalized spacial score (nSPS) is 11.6. The Morgan fingerprint density at radius 2 is 1.92 bits per heavy atom. The summed E-state index contributed by atoms with van der Waals surface area (Å²) < 4.78 is 24.1. The molecule has 6 heteroatoms. The first-order chi connectivity index (χ1) is 5.93. The monoisotopic (exact) mass is 192 g/mol. The van der Waals surface area contributed by atoms with Crippen molar-refractivity contribution in [3.63, 3.8) is 0 Å². The number of carbonyl (C=O) groups is 1. The molecular formula is C7H10F2N2O2. The number of carboxylic acid groups (broad SMARTS) is 1. The highest BCUT2D eigenvalue weighted by atomic mass is 19.3. The topological polar surface area (TPSA) is 62.0 Å². The molecule has 0 saturated carbocycles. The minimum absolute atomic E-state index is 0.489. The number of carboxylic acids is 1. The van der Waals surface area contributed by atoms with Crippen LogP contribution < -0.4 is 0 Å². The number of rotatable bonds is 4. The van der Waals surface area contributed by atoms with Gasteiger partial charge in [-0.25, -0.2) is 8.78 Å². The summed E-state index contributed by atoms with van der Waals surface area (Å²) >= 11 is 0. The van der Waals surface area contributed by atoms with Crippen LogP contribution in [0.2, 0.25) is 0 Å². The summed E-state index contributed by atoms with van der Waals surface area (Å²) in [6.07, 6.45) is -3.66. The Morgan fingerprint density at radius 1 is 1.38 bits per heavy atom. The van der Waals surface area contributed by atoms with E-state index in [4.69, 9.17) is 5.11 Å². The van der Waals surface area contributed by atoms with Crippen LogP contribution in [-0.2, 0) is 4.79 Å². The second-order valence-corrected chi connectivity index (χ2v) is 2.51. The maximum atomic E-state index is 12.0. The lowest BCUT2D eigenvalue weighted by Crippen LogP contribution is -2.15. The van der Waals surface area contributed by atoms with Gasteiger partial charge in [0.15, 0.2) is 0 Å². The Kier molecular flexibility index (Phi) is 4.79. The number of alkyl halides is 2. The van der Waals surface area contributed by atoms with Crippen molar-refractivity contribution in [1.29, 1.82) is 0 Å². The lowest BCUT2D eigenvalue weighted by atomic mass is 10.3. The Bertz CT molecular complexity index is 245. The smallest absolute Gasteiger partial charge is 0.309 e. The molecule has 0 amide bonds. The standard InChI is InChI=1S/C7H10F2N2O2/c1-4(2)10-11-5(7(8)9)3-6(12)13/h7H,3H2,1-2H3,(H,12,13)/b11-5+. The van der Waals surface area contributed by atoms with Crippen LogP contribution in [0.25, 0.3) is 0 Å². The molecule has 0 saturated heterocycles. The van der Waals surface area contributed by atoms with E-state index in [1.165, 1.54) is 0 Å². The maximum Gasteiger partial charge on any atom is 0.309 e. The second kappa shape index (κ2) is 5.34. The molecule has 13 heavy (non-hydrogen) atoms. The van der Waals surface area contributed by atoms with E-state index in [0.717, 1.165) is 0 Å². The number of hydrogen-bond acceptors (Lipinski definition) is 3. The van der Waals surface area contributed by atoms with Crippen molar-refractivity contribution in [3.05, 3.63) is 0 Å². The van der Waals surface area contributed by atoms with Crippen molar-refractivity contribution in [3.8, 4) is 0 Å². The molecule has 0 unspecified atom stereocenters. The minimum Gasteiger partial charge on any atom is -0.481 e. The third-order valence-electron chi connectivity index (χ3n) is 0.963. The zero-order valence-corrected chi connectivity index (χ0v) is 7.29. The van der Waals surface area contributed by atoms with Crippen molar-refractivity contribution >= 4 is 17.4 Å². The summed E-state index contributed by atoms with van der Waals surface area (Å²) in [5.41, 5.74) is -0.239. The van der Waals surface area contributed by atoms with Crippen LogP contribution in [0, 0.1) is 0 Å². The second-order valence-electron chi connectivity index (χ2n) is 2.51. The third-order valence-corrected chi connectivity index (χ3v) is 0.963. The Hall–Kier alpha value is -1.33. The first kappa shape index (κ1) is 11.7. The van der Waals surface area contributed by atoms with Gasteiger partial charge >= 0.3 is 5.97 Å². The van der Waals surface area contributed by atoms with Gasteiger partial charge in [0.25, 0.3) is 6.43 Å². The summed E-state index contributed by atoms with van der Waals surface area (Å²) in [5, 5.41) is 14.7. The Labute approximate surface area is 74.0 Å². The van der Waals surface area contributed by atoms with Crippen LogP contribution in [0.3, 0.4) is 0 Å². The average molecular weight is 192 g/mol. The number of aliphatic carboxylic acids is 1. The molecule has 4 nitrogen and oxygen atoms in total. The van der Waals surface area contributed by atoms with Crippen molar-refractivity contribution in [2.24, 2.45) is 10.2 Å². The summed E-state index contributed by atoms with van der Waals surface area (Å²) in [6.45, 7) is 3.15. The molecule has 0 radical (unpaired) electrons. The summed E-state index contributed by atoms with van der Waals surface area (Å²) in [6, 6.07) is 0. The molecule has 0 aliphatic heterocycles. The Morgan fingerprint density at radius 3 is 2.23 bits per heavy atom. The fraction of sp³-hybridized carbons (Fsp3) is 0.571. The lowest BCUT2D eigenvalue weighted by Gasteiger charge is -1.98. The molecule has 0 heterocycles. The predicted octanol–water partition coefficient (Wildman–Crippen LogP) is 1.56. The molecule has 0 spiro atoms. The highest BCUT2D eigenvalue weighted by Gasteiger charge is 2.16. The summed E-state index contributed by atoms with van der Waals surface area (Å²) in [7, 11) is 0. The highest BCUT2D eigenvalue weighted by Crippen LogP contribution is 2.02. The number of nitrogens with zero attached hydrogens (tertiary/aromatic N) is 2. The molecule has 1 N–H and O–H groups in total. The van der Waals surface area contributed by atoms with Crippen LogP contribution in [0.5, 0.6) is 0 Å². The fourth-order valence-corrected chi connectivity index (χ4v) is 0.475. The quantitative estimate of drug-likeness (QED) is 0.542. The molecule has 0 aliphatic rings. The summed E-state index contributed by atoms with van der Waals surface area (Å²) in [4.78, 5) is 10.1. The molecule has 0 atom stereocenters. The molecule has 74 valence electrons. The zero-order valence-electron chi connectivity index (χ0n) is 7.29. The van der Waals surface area contributed by atoms with Gasteiger partial charge in [-0.3, -0.25) is 4.79 Å². The van der Waals surface area contributed by atoms with E-state index in [-0.39, 0.29) is 0 Å². The van der Waals surface area contributed by atoms with Crippen molar-refractivity contribution in [2.45, 2.75) is 26.7 Å². The van der Waals surface area contributed by atoms with Crippen molar-refractivity contribution < 1.29 is 18.7 Å². The molecule has 0 aromatic rings. The van der Waals surface area contributed by atoms with Gasteiger partial charge in [0, 0.05) is 5.71 Å². The van der Waals surface area contributed by atoms with Gasteiger partial charge in [-0.1, -0.05) is 0 Å². The van der Waals surface area contributed by atoms with E-state index < -0.39 is 24.5 Å². The molecule has 0 aromatic heterocycles. The molecule has 0 fully saturated rings. The number of halogens is 2. The van der Waals surface area contributed by atoms with Crippen LogP contribution in [0.1, 0.15) is 20.3 Å². The van der Waals surface area contributed by atoms with Gasteiger partial charge in [-0.15, -0.1) is 0 Å². The van der Waals surface area contributed by atoms with Gasteiger partial charge in [0.1, 0.15) is 5.71 Å². The largest absolute Gasteiger partial charge is 0.481 e. The van der Waals surface area contributed by atoms with Crippen LogP contribution in [0.15, 0.2) is 10.2 Å². The highest BCUT2D eigenvalue weighted by molar-refractivity contribution is 6.00. The van der Waals surface area contributed by atoms with Gasteiger partial charge in [-0.2, -0.15) is 10.2 Å². The molecular weight excluding hydrogens is 182 g/mol. The third kappa shape index (κ3) is 5.89. The molecule has 0 rings (SSSR count). The fourth-order valence-electron chi connectivity index (χ4n) is 0.475. The minimum atomic E-state index is -2.88. The zero-order chi connectivity index (χ0) is 10.4. The van der Waals surface area contributed by atoms with E-state index >= 15 is 0 Å². The van der Waals surface area contributed by atoms with Gasteiger partial charge in [0.2, 0.25) is 0 Å². The van der Waals surface area contributed by atoms with Crippen LogP contribution in [0.4, 0.5) is 8.78 Å². The van der Waals surface area contributed by atoms with E-state index in [0.29, 0.717) is 5.71 Å². The molecule has 0 bridgehead atoms. The van der Waals surface area contributed by atoms with E-state index in [1.54, 1.807) is 13.8 Å². The molecule has 0 aromatic carbocycles. The van der Waals surface area contributed by atoms with Crippen LogP contribution in [-0.4, -0.2) is 28.9 Å². The van der Waals surface area contributed by atoms with Crippen molar-refractivity contribution in [1.82, 2.24) is 0 Å². The van der Waals surface area contributed by atoms with Gasteiger partial charge in [-0.05, 0) is 13.8 Å². The number of hydrogen-bond donors (Lipinski definition) is 1. The van der Waals surface area contributed by atoms with E-state index in [2.05, 4.69) is 10.2 Å². The van der Waals surface area contributed by atoms with Crippen molar-refractivity contribution in [2.75, 3.05) is 0 Å². The van der Waals surface area contributed by atoms with Crippen LogP contribution >= 0.6 is 0 Å². The Balaban J connectivity index is 4.51. The van der Waals surface area contributed by atoms with E-state index in [1.807, 2.05) is 0 Å². The first-order valence-corrected chi connectivity index (χ1v) is 3.51. The first-order valence-electron chi connectivity index (χ1n) is 3.51. The van der Waals surface area contributed by atoms with Gasteiger partial charge in [0.05, 0.1) is 6.42 Å². The van der Waals surface area contributed by atoms with E-state index in [9.17, 15) is 13.6 Å². The SMILES string of the molecule is CC(C)=N/N=C(\CC(=O)O)C(F)F.